The molecule has 1 saturated heterocycles. The van der Waals surface area contributed by atoms with Crippen molar-refractivity contribution in [2.75, 3.05) is 42.7 Å². The van der Waals surface area contributed by atoms with Crippen molar-refractivity contribution in [3.05, 3.63) is 65.5 Å². The number of nitrogens with one attached hydrogen (secondary N) is 2. The van der Waals surface area contributed by atoms with E-state index in [-0.39, 0.29) is 30.7 Å². The minimum Gasteiger partial charge on any atom is -0.359 e. The van der Waals surface area contributed by atoms with Gasteiger partial charge in [-0.05, 0) is 54.8 Å². The van der Waals surface area contributed by atoms with E-state index in [4.69, 9.17) is 4.98 Å². The summed E-state index contributed by atoms with van der Waals surface area (Å²) in [5.74, 6) is -0.606. The fourth-order valence-electron chi connectivity index (χ4n) is 5.27. The molecule has 0 unspecified atom stereocenters. The molecule has 5 rings (SSSR count). The number of sulfonamides is 1. The Hall–Kier alpha value is -2.57. The minimum atomic E-state index is -3.30. The molecule has 2 fully saturated rings. The van der Waals surface area contributed by atoms with Gasteiger partial charge in [0.2, 0.25) is 10.0 Å². The largest absolute Gasteiger partial charge is 0.359 e. The summed E-state index contributed by atoms with van der Waals surface area (Å²) in [7, 11) is -3.30. The highest BCUT2D eigenvalue weighted by Gasteiger charge is 2.28. The summed E-state index contributed by atoms with van der Waals surface area (Å²) >= 11 is 1.43. The first-order valence-electron chi connectivity index (χ1n) is 13.4. The van der Waals surface area contributed by atoms with E-state index >= 15 is 0 Å². The van der Waals surface area contributed by atoms with E-state index in [0.29, 0.717) is 16.7 Å². The second kappa shape index (κ2) is 13.4. The molecule has 0 atom stereocenters. The molecule has 2 aliphatic rings. The Balaban J connectivity index is 0.00000370. The summed E-state index contributed by atoms with van der Waals surface area (Å²) in [6.45, 7) is 3.90. The molecule has 2 N–H and O–H groups in total. The zero-order valence-corrected chi connectivity index (χ0v) is 24.9. The van der Waals surface area contributed by atoms with Crippen molar-refractivity contribution in [1.29, 1.82) is 0 Å². The normalized spacial score (nSPS) is 16.9. The van der Waals surface area contributed by atoms with E-state index in [9.17, 15) is 17.6 Å². The van der Waals surface area contributed by atoms with Gasteiger partial charge in [-0.25, -0.2) is 22.5 Å². The van der Waals surface area contributed by atoms with Crippen LogP contribution in [0.5, 0.6) is 0 Å². The second-order valence-electron chi connectivity index (χ2n) is 10.2. The number of amides is 1. The third-order valence-corrected chi connectivity index (χ3v) is 9.09. The van der Waals surface area contributed by atoms with Crippen molar-refractivity contribution >= 4 is 49.8 Å². The van der Waals surface area contributed by atoms with Crippen LogP contribution in [0, 0.1) is 5.82 Å². The summed E-state index contributed by atoms with van der Waals surface area (Å²) in [5.41, 5.74) is 2.74. The number of halogens is 2. The molecule has 0 spiro atoms. The standard InChI is InChI=1S/C28H34FN5O3S2.ClH/c1-39(36,37)30-19-20-7-9-22(10-8-20)26(35)32-28-31-25(21-11-13-23(29)14-12-21)27(38-28)34-17-15-33(16-18-34)24-5-3-2-4-6-24;/h7-14,24,30H,2-6,15-19H2,1H3,(H,31,32,35);1H. The number of benzene rings is 2. The van der Waals surface area contributed by atoms with Crippen LogP contribution in [0.1, 0.15) is 48.0 Å². The average Bonchev–Trinajstić information content (AvgIpc) is 3.36. The number of piperazine rings is 1. The molecule has 1 amide bonds. The van der Waals surface area contributed by atoms with Crippen LogP contribution >= 0.6 is 23.7 Å². The fourth-order valence-corrected chi connectivity index (χ4v) is 6.73. The van der Waals surface area contributed by atoms with Crippen LogP contribution in [-0.4, -0.2) is 62.7 Å². The number of anilines is 2. The SMILES string of the molecule is CS(=O)(=O)NCc1ccc(C(=O)Nc2nc(-c3ccc(F)cc3)c(N3CCN(C4CCCCC4)CC3)s2)cc1.Cl. The summed E-state index contributed by atoms with van der Waals surface area (Å²) in [5, 5.41) is 4.37. The maximum absolute atomic E-state index is 13.7. The van der Waals surface area contributed by atoms with Crippen molar-refractivity contribution in [2.24, 2.45) is 0 Å². The Morgan fingerprint density at radius 2 is 1.65 bits per heavy atom. The predicted octanol–water partition coefficient (Wildman–Crippen LogP) is 5.13. The van der Waals surface area contributed by atoms with Crippen LogP contribution in [-0.2, 0) is 16.6 Å². The Morgan fingerprint density at radius 3 is 2.27 bits per heavy atom. The predicted molar refractivity (Wildman–Crippen MR) is 161 cm³/mol. The van der Waals surface area contributed by atoms with E-state index in [1.807, 2.05) is 0 Å². The van der Waals surface area contributed by atoms with Gasteiger partial charge in [-0.2, -0.15) is 0 Å². The van der Waals surface area contributed by atoms with E-state index in [2.05, 4.69) is 19.8 Å². The highest BCUT2D eigenvalue weighted by Crippen LogP contribution is 2.39. The number of rotatable bonds is 8. The number of nitrogens with zero attached hydrogens (tertiary/aromatic N) is 3. The van der Waals surface area contributed by atoms with Crippen LogP contribution in [0.25, 0.3) is 11.3 Å². The zero-order valence-electron chi connectivity index (χ0n) is 22.4. The van der Waals surface area contributed by atoms with Gasteiger partial charge in [0.25, 0.3) is 5.91 Å². The molecule has 1 saturated carbocycles. The molecular formula is C28H35ClFN5O3S2. The van der Waals surface area contributed by atoms with Gasteiger partial charge in [0.1, 0.15) is 16.5 Å². The van der Waals surface area contributed by atoms with Crippen molar-refractivity contribution in [3.63, 3.8) is 0 Å². The van der Waals surface area contributed by atoms with Crippen LogP contribution in [0.2, 0.25) is 0 Å². The van der Waals surface area contributed by atoms with Gasteiger partial charge >= 0.3 is 0 Å². The van der Waals surface area contributed by atoms with Crippen molar-refractivity contribution in [2.45, 2.75) is 44.7 Å². The maximum atomic E-state index is 13.7. The molecule has 8 nitrogen and oxygen atoms in total. The van der Waals surface area contributed by atoms with Gasteiger partial charge in [0.15, 0.2) is 5.13 Å². The summed E-state index contributed by atoms with van der Waals surface area (Å²) in [6.07, 6.45) is 7.65. The van der Waals surface area contributed by atoms with Gasteiger partial charge in [-0.15, -0.1) is 12.4 Å². The molecule has 12 heteroatoms. The lowest BCUT2D eigenvalue weighted by Crippen LogP contribution is -2.50. The van der Waals surface area contributed by atoms with Crippen LogP contribution in [0.4, 0.5) is 14.5 Å². The smallest absolute Gasteiger partial charge is 0.257 e. The molecule has 1 aromatic heterocycles. The maximum Gasteiger partial charge on any atom is 0.257 e. The Labute approximate surface area is 245 Å². The number of thiazole rings is 1. The summed E-state index contributed by atoms with van der Waals surface area (Å²) < 4.78 is 38.8. The topological polar surface area (TPSA) is 94.6 Å². The third kappa shape index (κ3) is 7.79. The zero-order chi connectivity index (χ0) is 27.4. The van der Waals surface area contributed by atoms with Crippen molar-refractivity contribution in [1.82, 2.24) is 14.6 Å². The third-order valence-electron chi connectivity index (χ3n) is 7.39. The van der Waals surface area contributed by atoms with E-state index in [0.717, 1.165) is 54.3 Å². The van der Waals surface area contributed by atoms with Gasteiger partial charge in [-0.3, -0.25) is 15.0 Å². The number of carbonyl (C=O) groups excluding carboxylic acids is 1. The Morgan fingerprint density at radius 1 is 1.00 bits per heavy atom. The van der Waals surface area contributed by atoms with Gasteiger partial charge in [-0.1, -0.05) is 42.7 Å². The Kier molecular flexibility index (Phi) is 10.2. The van der Waals surface area contributed by atoms with E-state index in [1.165, 1.54) is 55.6 Å². The van der Waals surface area contributed by atoms with Crippen molar-refractivity contribution < 1.29 is 17.6 Å². The molecule has 40 heavy (non-hydrogen) atoms. The summed E-state index contributed by atoms with van der Waals surface area (Å²) in [4.78, 5) is 22.7. The van der Waals surface area contributed by atoms with Gasteiger partial charge < -0.3 is 4.90 Å². The molecule has 216 valence electrons. The molecule has 2 aromatic carbocycles. The second-order valence-corrected chi connectivity index (χ2v) is 13.0. The molecule has 0 radical (unpaired) electrons. The van der Waals surface area contributed by atoms with E-state index in [1.54, 1.807) is 36.4 Å². The summed E-state index contributed by atoms with van der Waals surface area (Å²) in [6, 6.07) is 13.7. The number of aromatic nitrogens is 1. The lowest BCUT2D eigenvalue weighted by molar-refractivity contribution is 0.102. The molecular weight excluding hydrogens is 573 g/mol. The fraction of sp³-hybridized carbons (Fsp3) is 0.429. The number of hydrogen-bond acceptors (Lipinski definition) is 7. The average molecular weight is 608 g/mol. The Bertz CT molecular complexity index is 1390. The van der Waals surface area contributed by atoms with Gasteiger partial charge in [0.05, 0.1) is 6.26 Å². The van der Waals surface area contributed by atoms with Crippen LogP contribution < -0.4 is 14.9 Å². The number of hydrogen-bond donors (Lipinski definition) is 2. The molecule has 0 bridgehead atoms. The lowest BCUT2D eigenvalue weighted by atomic mass is 9.94. The first-order chi connectivity index (χ1) is 18.7. The monoisotopic (exact) mass is 607 g/mol. The number of carbonyl (C=O) groups is 1. The lowest BCUT2D eigenvalue weighted by Gasteiger charge is -2.41. The van der Waals surface area contributed by atoms with Gasteiger partial charge in [0, 0.05) is 49.9 Å². The molecule has 3 aromatic rings. The first-order valence-corrected chi connectivity index (χ1v) is 16.1. The van der Waals surface area contributed by atoms with Crippen LogP contribution in [0.15, 0.2) is 48.5 Å². The highest BCUT2D eigenvalue weighted by atomic mass is 35.5. The quantitative estimate of drug-likeness (QED) is 0.369. The van der Waals surface area contributed by atoms with E-state index < -0.39 is 10.0 Å². The molecule has 1 aliphatic carbocycles. The molecule has 1 aliphatic heterocycles. The molecule has 2 heterocycles. The first kappa shape index (κ1) is 30.4. The van der Waals surface area contributed by atoms with Crippen molar-refractivity contribution in [3.8, 4) is 11.3 Å². The highest BCUT2D eigenvalue weighted by molar-refractivity contribution is 7.88. The minimum absolute atomic E-state index is 0. The van der Waals surface area contributed by atoms with Crippen LogP contribution in [0.3, 0.4) is 0 Å².